The third-order valence-corrected chi connectivity index (χ3v) is 3.15. The lowest BCUT2D eigenvalue weighted by atomic mass is 10.1. The van der Waals surface area contributed by atoms with Crippen molar-refractivity contribution in [2.45, 2.75) is 26.9 Å². The zero-order valence-electron chi connectivity index (χ0n) is 12.2. The van der Waals surface area contributed by atoms with Crippen molar-refractivity contribution >= 4 is 5.82 Å². The third kappa shape index (κ3) is 3.26. The first kappa shape index (κ1) is 15.2. The number of nitrogens with one attached hydrogen (secondary N) is 1. The first-order chi connectivity index (χ1) is 10.1. The van der Waals surface area contributed by atoms with Crippen LogP contribution >= 0.6 is 0 Å². The van der Waals surface area contributed by atoms with Crippen molar-refractivity contribution in [1.29, 1.82) is 0 Å². The average molecular weight is 293 g/mol. The van der Waals surface area contributed by atoms with E-state index in [9.17, 15) is 8.78 Å². The third-order valence-electron chi connectivity index (χ3n) is 3.15. The molecular weight excluding hydrogens is 276 g/mol. The maximum absolute atomic E-state index is 12.5. The number of halogens is 2. The van der Waals surface area contributed by atoms with Crippen LogP contribution < -0.4 is 10.1 Å². The molecule has 0 aliphatic rings. The van der Waals surface area contributed by atoms with Gasteiger partial charge in [0, 0.05) is 18.3 Å². The summed E-state index contributed by atoms with van der Waals surface area (Å²) in [7, 11) is 1.77. The highest BCUT2D eigenvalue weighted by molar-refractivity contribution is 5.66. The number of ether oxygens (including phenoxy) is 1. The Kier molecular flexibility index (Phi) is 4.67. The summed E-state index contributed by atoms with van der Waals surface area (Å²) < 4.78 is 29.5. The number of aryl methyl sites for hydroxylation is 1. The van der Waals surface area contributed by atoms with E-state index in [2.05, 4.69) is 20.0 Å². The van der Waals surface area contributed by atoms with Crippen molar-refractivity contribution < 1.29 is 13.5 Å². The number of rotatable bonds is 5. The molecule has 0 aliphatic carbocycles. The number of hydrogen-bond acceptors (Lipinski definition) is 4. The van der Waals surface area contributed by atoms with Gasteiger partial charge < -0.3 is 10.1 Å². The number of para-hydroxylation sites is 1. The van der Waals surface area contributed by atoms with E-state index in [0.29, 0.717) is 17.2 Å². The van der Waals surface area contributed by atoms with Crippen molar-refractivity contribution in [3.63, 3.8) is 0 Å². The predicted molar refractivity (Wildman–Crippen MR) is 77.8 cm³/mol. The molecular formula is C15H17F2N3O. The van der Waals surface area contributed by atoms with Gasteiger partial charge in [-0.2, -0.15) is 8.78 Å². The van der Waals surface area contributed by atoms with Gasteiger partial charge in [-0.05, 0) is 25.5 Å². The van der Waals surface area contributed by atoms with Gasteiger partial charge in [-0.15, -0.1) is 0 Å². The Hall–Kier alpha value is -2.24. The van der Waals surface area contributed by atoms with Gasteiger partial charge in [-0.3, -0.25) is 0 Å². The Morgan fingerprint density at radius 2 is 1.95 bits per heavy atom. The Morgan fingerprint density at radius 3 is 2.57 bits per heavy atom. The number of anilines is 1. The van der Waals surface area contributed by atoms with Gasteiger partial charge in [0.1, 0.15) is 11.6 Å². The minimum Gasteiger partial charge on any atom is -0.434 e. The Labute approximate surface area is 122 Å². The summed E-state index contributed by atoms with van der Waals surface area (Å²) in [6.45, 7) is 1.01. The van der Waals surface area contributed by atoms with Crippen molar-refractivity contribution in [2.75, 3.05) is 12.4 Å². The van der Waals surface area contributed by atoms with Gasteiger partial charge in [-0.25, -0.2) is 9.97 Å². The van der Waals surface area contributed by atoms with Crippen LogP contribution in [0.25, 0.3) is 11.4 Å². The fourth-order valence-corrected chi connectivity index (χ4v) is 2.20. The molecule has 0 saturated heterocycles. The number of alkyl halides is 2. The standard InChI is InChI=1S/C15H17F2N3O/c1-4-10-9(2)19-14(20-13(10)18-3)11-7-5-6-8-12(11)21-15(16)17/h5-8,15H,4H2,1-3H3,(H,18,19,20). The van der Waals surface area contributed by atoms with Gasteiger partial charge in [0.2, 0.25) is 0 Å². The first-order valence-electron chi connectivity index (χ1n) is 6.66. The van der Waals surface area contributed by atoms with Crippen molar-refractivity contribution in [2.24, 2.45) is 0 Å². The Morgan fingerprint density at radius 1 is 1.24 bits per heavy atom. The smallest absolute Gasteiger partial charge is 0.387 e. The lowest BCUT2D eigenvalue weighted by Crippen LogP contribution is -2.07. The fourth-order valence-electron chi connectivity index (χ4n) is 2.20. The largest absolute Gasteiger partial charge is 0.434 e. The molecule has 0 unspecified atom stereocenters. The quantitative estimate of drug-likeness (QED) is 0.914. The lowest BCUT2D eigenvalue weighted by Gasteiger charge is -2.14. The molecule has 112 valence electrons. The normalized spacial score (nSPS) is 10.8. The summed E-state index contributed by atoms with van der Waals surface area (Å²) in [5, 5.41) is 3.02. The molecule has 0 saturated carbocycles. The molecule has 1 N–H and O–H groups in total. The maximum atomic E-state index is 12.5. The molecule has 0 aliphatic heterocycles. The Bertz CT molecular complexity index is 632. The molecule has 0 bridgehead atoms. The number of benzene rings is 1. The van der Waals surface area contributed by atoms with Crippen LogP contribution in [0.5, 0.6) is 5.75 Å². The van der Waals surface area contributed by atoms with E-state index >= 15 is 0 Å². The molecule has 0 atom stereocenters. The van der Waals surface area contributed by atoms with Crippen LogP contribution in [-0.2, 0) is 6.42 Å². The Balaban J connectivity index is 2.54. The zero-order chi connectivity index (χ0) is 15.4. The number of nitrogens with zero attached hydrogens (tertiary/aromatic N) is 2. The van der Waals surface area contributed by atoms with Crippen LogP contribution in [-0.4, -0.2) is 23.6 Å². The molecule has 1 aromatic heterocycles. The van der Waals surface area contributed by atoms with Crippen molar-refractivity contribution in [3.8, 4) is 17.1 Å². The lowest BCUT2D eigenvalue weighted by molar-refractivity contribution is -0.0494. The minimum atomic E-state index is -2.88. The van der Waals surface area contributed by atoms with Crippen LogP contribution in [0.2, 0.25) is 0 Å². The molecule has 21 heavy (non-hydrogen) atoms. The zero-order valence-corrected chi connectivity index (χ0v) is 12.2. The predicted octanol–water partition coefficient (Wildman–Crippen LogP) is 3.66. The number of aromatic nitrogens is 2. The monoisotopic (exact) mass is 293 g/mol. The minimum absolute atomic E-state index is 0.0678. The second kappa shape index (κ2) is 6.47. The summed E-state index contributed by atoms with van der Waals surface area (Å²) in [4.78, 5) is 8.83. The summed E-state index contributed by atoms with van der Waals surface area (Å²) in [5.41, 5.74) is 2.27. The molecule has 2 rings (SSSR count). The van der Waals surface area contributed by atoms with Gasteiger partial charge >= 0.3 is 6.61 Å². The van der Waals surface area contributed by atoms with Gasteiger partial charge in [0.15, 0.2) is 5.82 Å². The van der Waals surface area contributed by atoms with E-state index in [1.54, 1.807) is 25.2 Å². The van der Waals surface area contributed by atoms with E-state index < -0.39 is 6.61 Å². The summed E-state index contributed by atoms with van der Waals surface area (Å²) in [6.07, 6.45) is 0.789. The van der Waals surface area contributed by atoms with Gasteiger partial charge in [-0.1, -0.05) is 19.1 Å². The summed E-state index contributed by atoms with van der Waals surface area (Å²) >= 11 is 0. The molecule has 0 radical (unpaired) electrons. The molecule has 1 aromatic carbocycles. The molecule has 0 spiro atoms. The van der Waals surface area contributed by atoms with E-state index in [-0.39, 0.29) is 5.75 Å². The van der Waals surface area contributed by atoms with E-state index in [1.165, 1.54) is 6.07 Å². The number of hydrogen-bond donors (Lipinski definition) is 1. The average Bonchev–Trinajstić information content (AvgIpc) is 2.46. The second-order valence-electron chi connectivity index (χ2n) is 4.44. The summed E-state index contributed by atoms with van der Waals surface area (Å²) in [5.74, 6) is 1.13. The van der Waals surface area contributed by atoms with Gasteiger partial charge in [0.05, 0.1) is 5.56 Å². The summed E-state index contributed by atoms with van der Waals surface area (Å²) in [6, 6.07) is 6.51. The second-order valence-corrected chi connectivity index (χ2v) is 4.44. The highest BCUT2D eigenvalue weighted by atomic mass is 19.3. The van der Waals surface area contributed by atoms with Crippen molar-refractivity contribution in [3.05, 3.63) is 35.5 Å². The van der Waals surface area contributed by atoms with Gasteiger partial charge in [0.25, 0.3) is 0 Å². The van der Waals surface area contributed by atoms with Crippen molar-refractivity contribution in [1.82, 2.24) is 9.97 Å². The first-order valence-corrected chi connectivity index (χ1v) is 6.66. The highest BCUT2D eigenvalue weighted by Crippen LogP contribution is 2.30. The van der Waals surface area contributed by atoms with E-state index in [0.717, 1.165) is 17.7 Å². The SMILES string of the molecule is CCc1c(C)nc(-c2ccccc2OC(F)F)nc1NC. The topological polar surface area (TPSA) is 47.0 Å². The molecule has 0 amide bonds. The molecule has 0 fully saturated rings. The maximum Gasteiger partial charge on any atom is 0.387 e. The van der Waals surface area contributed by atoms with Crippen LogP contribution in [0.4, 0.5) is 14.6 Å². The van der Waals surface area contributed by atoms with Crippen LogP contribution in [0, 0.1) is 6.92 Å². The molecule has 2 aromatic rings. The van der Waals surface area contributed by atoms with Crippen LogP contribution in [0.15, 0.2) is 24.3 Å². The van der Waals surface area contributed by atoms with E-state index in [1.807, 2.05) is 13.8 Å². The fraction of sp³-hybridized carbons (Fsp3) is 0.333. The van der Waals surface area contributed by atoms with E-state index in [4.69, 9.17) is 0 Å². The molecule has 4 nitrogen and oxygen atoms in total. The van der Waals surface area contributed by atoms with Crippen LogP contribution in [0.3, 0.4) is 0 Å². The highest BCUT2D eigenvalue weighted by Gasteiger charge is 2.16. The molecule has 6 heteroatoms. The molecule has 1 heterocycles. The van der Waals surface area contributed by atoms with Crippen LogP contribution in [0.1, 0.15) is 18.2 Å².